The highest BCUT2D eigenvalue weighted by Gasteiger charge is 2.23. The number of hydroxylamine groups is 1. The predicted octanol–water partition coefficient (Wildman–Crippen LogP) is 0.236. The van der Waals surface area contributed by atoms with Crippen LogP contribution in [0.1, 0.15) is 26.5 Å². The molecular weight excluding hydrogens is 310 g/mol. The maximum Gasteiger partial charge on any atom is 0.279 e. The molecule has 0 atom stereocenters. The average Bonchev–Trinajstić information content (AvgIpc) is 2.67. The molecule has 0 bridgehead atoms. The van der Waals surface area contributed by atoms with Crippen LogP contribution in [0.15, 0.2) is 36.5 Å². The van der Waals surface area contributed by atoms with Crippen LogP contribution >= 0.6 is 0 Å². The SMILES string of the molecule is O=C(c1ccccc1)c1ncc(C(=O)NO)c(N2CCNCC2)n1. The first-order valence-corrected chi connectivity index (χ1v) is 7.57. The van der Waals surface area contributed by atoms with Crippen molar-refractivity contribution >= 4 is 17.5 Å². The van der Waals surface area contributed by atoms with Crippen LogP contribution in [0.25, 0.3) is 0 Å². The van der Waals surface area contributed by atoms with Gasteiger partial charge in [0.05, 0.1) is 0 Å². The number of nitrogens with zero attached hydrogens (tertiary/aromatic N) is 3. The maximum absolute atomic E-state index is 12.5. The van der Waals surface area contributed by atoms with E-state index in [1.165, 1.54) is 6.20 Å². The van der Waals surface area contributed by atoms with E-state index >= 15 is 0 Å². The van der Waals surface area contributed by atoms with Crippen molar-refractivity contribution in [3.05, 3.63) is 53.5 Å². The lowest BCUT2D eigenvalue weighted by molar-refractivity contribution is 0.0705. The topological polar surface area (TPSA) is 107 Å². The molecule has 0 unspecified atom stereocenters. The Labute approximate surface area is 138 Å². The van der Waals surface area contributed by atoms with Crippen molar-refractivity contribution < 1.29 is 14.8 Å². The summed E-state index contributed by atoms with van der Waals surface area (Å²) in [5.41, 5.74) is 2.20. The quantitative estimate of drug-likeness (QED) is 0.419. The fourth-order valence-electron chi connectivity index (χ4n) is 2.54. The molecule has 8 heteroatoms. The molecule has 1 amide bonds. The largest absolute Gasteiger partial charge is 0.353 e. The molecule has 1 aliphatic heterocycles. The zero-order chi connectivity index (χ0) is 16.9. The van der Waals surface area contributed by atoms with E-state index in [4.69, 9.17) is 5.21 Å². The van der Waals surface area contributed by atoms with Crippen LogP contribution < -0.4 is 15.7 Å². The summed E-state index contributed by atoms with van der Waals surface area (Å²) in [5.74, 6) is -0.660. The van der Waals surface area contributed by atoms with E-state index in [1.807, 2.05) is 11.0 Å². The highest BCUT2D eigenvalue weighted by molar-refractivity contribution is 6.07. The van der Waals surface area contributed by atoms with Gasteiger partial charge >= 0.3 is 0 Å². The van der Waals surface area contributed by atoms with Crippen LogP contribution in [0, 0.1) is 0 Å². The minimum atomic E-state index is -0.706. The minimum absolute atomic E-state index is 0.0178. The van der Waals surface area contributed by atoms with Crippen LogP contribution in [0.2, 0.25) is 0 Å². The molecule has 0 spiro atoms. The summed E-state index contributed by atoms with van der Waals surface area (Å²) >= 11 is 0. The standard InChI is InChI=1S/C16H17N5O3/c22-13(11-4-2-1-3-5-11)14-18-10-12(16(23)20-24)15(19-14)21-8-6-17-7-9-21/h1-5,10,17,24H,6-9H2,(H,20,23). The Morgan fingerprint density at radius 1 is 1.17 bits per heavy atom. The van der Waals surface area contributed by atoms with Gasteiger partial charge in [0.1, 0.15) is 11.4 Å². The number of anilines is 1. The second-order valence-corrected chi connectivity index (χ2v) is 5.30. The number of rotatable bonds is 4. The van der Waals surface area contributed by atoms with E-state index in [0.29, 0.717) is 24.5 Å². The number of hydrogen-bond donors (Lipinski definition) is 3. The van der Waals surface area contributed by atoms with Gasteiger partial charge in [-0.05, 0) is 0 Å². The van der Waals surface area contributed by atoms with Gasteiger partial charge in [0, 0.05) is 37.9 Å². The zero-order valence-corrected chi connectivity index (χ0v) is 12.9. The van der Waals surface area contributed by atoms with Gasteiger partial charge in [-0.2, -0.15) is 0 Å². The first-order chi connectivity index (χ1) is 11.7. The molecule has 24 heavy (non-hydrogen) atoms. The van der Waals surface area contributed by atoms with E-state index < -0.39 is 5.91 Å². The molecule has 0 radical (unpaired) electrons. The summed E-state index contributed by atoms with van der Waals surface area (Å²) in [6.07, 6.45) is 1.27. The number of carbonyl (C=O) groups is 2. The van der Waals surface area contributed by atoms with Crippen molar-refractivity contribution in [3.63, 3.8) is 0 Å². The molecule has 3 rings (SSSR count). The summed E-state index contributed by atoms with van der Waals surface area (Å²) in [4.78, 5) is 34.6. The van der Waals surface area contributed by atoms with E-state index in [0.717, 1.165) is 13.1 Å². The Bertz CT molecular complexity index is 745. The van der Waals surface area contributed by atoms with Gasteiger partial charge in [0.2, 0.25) is 11.6 Å². The average molecular weight is 327 g/mol. The third-order valence-electron chi connectivity index (χ3n) is 3.77. The monoisotopic (exact) mass is 327 g/mol. The number of ketones is 1. The fraction of sp³-hybridized carbons (Fsp3) is 0.250. The lowest BCUT2D eigenvalue weighted by atomic mass is 10.1. The molecule has 2 aromatic rings. The van der Waals surface area contributed by atoms with Gasteiger partial charge < -0.3 is 10.2 Å². The van der Waals surface area contributed by atoms with Gasteiger partial charge in [0.25, 0.3) is 5.91 Å². The predicted molar refractivity (Wildman–Crippen MR) is 86.2 cm³/mol. The number of aromatic nitrogens is 2. The number of piperazine rings is 1. The number of amides is 1. The molecule has 1 aromatic carbocycles. The Balaban J connectivity index is 2.00. The molecular formula is C16H17N5O3. The molecule has 1 aliphatic rings. The van der Waals surface area contributed by atoms with Gasteiger partial charge in [-0.15, -0.1) is 0 Å². The second kappa shape index (κ2) is 7.16. The van der Waals surface area contributed by atoms with Crippen molar-refractivity contribution in [1.29, 1.82) is 0 Å². The summed E-state index contributed by atoms with van der Waals surface area (Å²) in [6.45, 7) is 2.77. The minimum Gasteiger partial charge on any atom is -0.353 e. The van der Waals surface area contributed by atoms with Crippen molar-refractivity contribution in [2.45, 2.75) is 0 Å². The van der Waals surface area contributed by atoms with E-state index in [1.54, 1.807) is 29.7 Å². The second-order valence-electron chi connectivity index (χ2n) is 5.30. The molecule has 1 aromatic heterocycles. The summed E-state index contributed by atoms with van der Waals surface area (Å²) in [6, 6.07) is 8.71. The molecule has 2 heterocycles. The van der Waals surface area contributed by atoms with E-state index in [-0.39, 0.29) is 17.2 Å². The lowest BCUT2D eigenvalue weighted by Crippen LogP contribution is -2.45. The highest BCUT2D eigenvalue weighted by Crippen LogP contribution is 2.19. The molecule has 1 fully saturated rings. The van der Waals surface area contributed by atoms with E-state index in [9.17, 15) is 9.59 Å². The van der Waals surface area contributed by atoms with Crippen molar-refractivity contribution in [2.24, 2.45) is 0 Å². The molecule has 124 valence electrons. The third kappa shape index (κ3) is 3.24. The molecule has 3 N–H and O–H groups in total. The van der Waals surface area contributed by atoms with Gasteiger partial charge in [-0.3, -0.25) is 14.8 Å². The zero-order valence-electron chi connectivity index (χ0n) is 12.9. The summed E-state index contributed by atoms with van der Waals surface area (Å²) in [5, 5.41) is 12.1. The smallest absolute Gasteiger partial charge is 0.279 e. The summed E-state index contributed by atoms with van der Waals surface area (Å²) < 4.78 is 0. The summed E-state index contributed by atoms with van der Waals surface area (Å²) in [7, 11) is 0. The van der Waals surface area contributed by atoms with Crippen molar-refractivity contribution in [2.75, 3.05) is 31.1 Å². The lowest BCUT2D eigenvalue weighted by Gasteiger charge is -2.29. The van der Waals surface area contributed by atoms with Crippen LogP contribution in [0.4, 0.5) is 5.82 Å². The van der Waals surface area contributed by atoms with Gasteiger partial charge in [-0.25, -0.2) is 15.4 Å². The molecule has 0 saturated carbocycles. The van der Waals surface area contributed by atoms with Crippen molar-refractivity contribution in [1.82, 2.24) is 20.8 Å². The van der Waals surface area contributed by atoms with Crippen LogP contribution in [0.5, 0.6) is 0 Å². The fourth-order valence-corrected chi connectivity index (χ4v) is 2.54. The Hall–Kier alpha value is -2.84. The van der Waals surface area contributed by atoms with Gasteiger partial charge in [0.15, 0.2) is 0 Å². The maximum atomic E-state index is 12.5. The number of benzene rings is 1. The number of carbonyl (C=O) groups excluding carboxylic acids is 2. The van der Waals surface area contributed by atoms with Gasteiger partial charge in [-0.1, -0.05) is 30.3 Å². The molecule has 0 aliphatic carbocycles. The number of nitrogens with one attached hydrogen (secondary N) is 2. The third-order valence-corrected chi connectivity index (χ3v) is 3.77. The Morgan fingerprint density at radius 3 is 2.54 bits per heavy atom. The van der Waals surface area contributed by atoms with Crippen LogP contribution in [0.3, 0.4) is 0 Å². The number of hydrogen-bond acceptors (Lipinski definition) is 7. The molecule has 1 saturated heterocycles. The van der Waals surface area contributed by atoms with Crippen LogP contribution in [-0.2, 0) is 0 Å². The highest BCUT2D eigenvalue weighted by atomic mass is 16.5. The first kappa shape index (κ1) is 16.0. The first-order valence-electron chi connectivity index (χ1n) is 7.57. The molecule has 8 nitrogen and oxygen atoms in total. The Morgan fingerprint density at radius 2 is 1.88 bits per heavy atom. The van der Waals surface area contributed by atoms with Crippen molar-refractivity contribution in [3.8, 4) is 0 Å². The van der Waals surface area contributed by atoms with Crippen LogP contribution in [-0.4, -0.2) is 53.0 Å². The van der Waals surface area contributed by atoms with E-state index in [2.05, 4.69) is 15.3 Å². The normalized spacial score (nSPS) is 14.3. The Kier molecular flexibility index (Phi) is 4.78.